The maximum atomic E-state index is 11.8. The van der Waals surface area contributed by atoms with Gasteiger partial charge in [-0.1, -0.05) is 0 Å². The third-order valence-electron chi connectivity index (χ3n) is 1.16. The number of rotatable bonds is 1. The lowest BCUT2D eigenvalue weighted by Crippen LogP contribution is -2.09. The Morgan fingerprint density at radius 2 is 2.09 bits per heavy atom. The number of aryl methyl sites for hydroxylation is 1. The Bertz CT molecular complexity index is 236. The third-order valence-corrected chi connectivity index (χ3v) is 2.21. The van der Waals surface area contributed by atoms with Gasteiger partial charge >= 0.3 is 6.18 Å². The molecule has 1 aromatic heterocycles. The van der Waals surface area contributed by atoms with E-state index in [1.54, 1.807) is 18.4 Å². The Morgan fingerprint density at radius 3 is 2.45 bits per heavy atom. The number of halogens is 3. The van der Waals surface area contributed by atoms with Crippen LogP contribution in [0.2, 0.25) is 0 Å². The molecule has 11 heavy (non-hydrogen) atoms. The molecule has 0 radical (unpaired) electrons. The molecule has 0 fully saturated rings. The van der Waals surface area contributed by atoms with E-state index in [1.165, 1.54) is 0 Å². The molecule has 0 aliphatic heterocycles. The van der Waals surface area contributed by atoms with Crippen LogP contribution in [0.4, 0.5) is 13.2 Å². The molecule has 4 heteroatoms. The first-order valence-corrected chi connectivity index (χ1v) is 3.96. The molecule has 0 spiro atoms. The summed E-state index contributed by atoms with van der Waals surface area (Å²) in [5, 5.41) is 1.72. The van der Waals surface area contributed by atoms with Crippen molar-refractivity contribution in [1.82, 2.24) is 0 Å². The van der Waals surface area contributed by atoms with Crippen molar-refractivity contribution in [2.45, 2.75) is 19.5 Å². The monoisotopic (exact) mass is 180 g/mol. The van der Waals surface area contributed by atoms with Gasteiger partial charge in [0.1, 0.15) is 0 Å². The van der Waals surface area contributed by atoms with Crippen LogP contribution in [0.5, 0.6) is 0 Å². The predicted octanol–water partition coefficient (Wildman–Crippen LogP) is 3.16. The molecule has 0 unspecified atom stereocenters. The van der Waals surface area contributed by atoms with Crippen LogP contribution in [-0.2, 0) is 6.42 Å². The van der Waals surface area contributed by atoms with Gasteiger partial charge in [-0.3, -0.25) is 0 Å². The van der Waals surface area contributed by atoms with Crippen LogP contribution in [0.25, 0.3) is 0 Å². The van der Waals surface area contributed by atoms with E-state index in [-0.39, 0.29) is 0 Å². The van der Waals surface area contributed by atoms with Gasteiger partial charge < -0.3 is 0 Å². The normalized spacial score (nSPS) is 12.0. The van der Waals surface area contributed by atoms with Crippen molar-refractivity contribution in [3.8, 4) is 0 Å². The first-order chi connectivity index (χ1) is 4.97. The Hall–Kier alpha value is -0.510. The van der Waals surface area contributed by atoms with E-state index in [9.17, 15) is 13.2 Å². The summed E-state index contributed by atoms with van der Waals surface area (Å²) in [7, 11) is 0. The highest BCUT2D eigenvalue weighted by atomic mass is 32.1. The zero-order valence-corrected chi connectivity index (χ0v) is 6.72. The Morgan fingerprint density at radius 1 is 1.45 bits per heavy atom. The topological polar surface area (TPSA) is 0 Å². The molecule has 0 aliphatic carbocycles. The van der Waals surface area contributed by atoms with Gasteiger partial charge in [0.25, 0.3) is 0 Å². The number of thiophene rings is 1. The minimum Gasteiger partial charge on any atom is -0.171 e. The molecule has 0 N–H and O–H groups in total. The highest BCUT2D eigenvalue weighted by Crippen LogP contribution is 2.25. The van der Waals surface area contributed by atoms with Crippen LogP contribution in [-0.4, -0.2) is 6.18 Å². The van der Waals surface area contributed by atoms with Crippen molar-refractivity contribution in [2.75, 3.05) is 0 Å². The Kier molecular flexibility index (Phi) is 2.23. The van der Waals surface area contributed by atoms with Gasteiger partial charge in [-0.25, -0.2) is 0 Å². The standard InChI is InChI=1S/C7H7F3S/c1-5-2-6(11-4-5)3-7(8,9)10/h2,4H,3H2,1H3. The largest absolute Gasteiger partial charge is 0.393 e. The molecule has 1 aromatic rings. The molecule has 0 aromatic carbocycles. The Balaban J connectivity index is 2.65. The van der Waals surface area contributed by atoms with E-state index >= 15 is 0 Å². The molecule has 0 amide bonds. The van der Waals surface area contributed by atoms with Gasteiger partial charge in [0.2, 0.25) is 0 Å². The average molecular weight is 180 g/mol. The van der Waals surface area contributed by atoms with Crippen LogP contribution in [0, 0.1) is 6.92 Å². The van der Waals surface area contributed by atoms with Gasteiger partial charge in [-0.15, -0.1) is 11.3 Å². The van der Waals surface area contributed by atoms with E-state index in [2.05, 4.69) is 0 Å². The van der Waals surface area contributed by atoms with E-state index < -0.39 is 12.6 Å². The Labute approximate surface area is 66.7 Å². The summed E-state index contributed by atoms with van der Waals surface area (Å²) in [5.41, 5.74) is 0.897. The lowest BCUT2D eigenvalue weighted by Gasteiger charge is -2.01. The third kappa shape index (κ3) is 2.93. The molecular formula is C7H7F3S. The van der Waals surface area contributed by atoms with Gasteiger partial charge in [0.15, 0.2) is 0 Å². The lowest BCUT2D eigenvalue weighted by atomic mass is 10.3. The molecule has 0 saturated heterocycles. The molecule has 62 valence electrons. The van der Waals surface area contributed by atoms with Crippen molar-refractivity contribution in [3.05, 3.63) is 21.9 Å². The van der Waals surface area contributed by atoms with E-state index in [4.69, 9.17) is 0 Å². The fourth-order valence-electron chi connectivity index (χ4n) is 0.781. The van der Waals surface area contributed by atoms with Crippen LogP contribution in [0.15, 0.2) is 11.4 Å². The first kappa shape index (κ1) is 8.59. The number of hydrogen-bond acceptors (Lipinski definition) is 1. The molecule has 0 nitrogen and oxygen atoms in total. The summed E-state index contributed by atoms with van der Waals surface area (Å²) in [4.78, 5) is 0.384. The fourth-order valence-corrected chi connectivity index (χ4v) is 1.69. The summed E-state index contributed by atoms with van der Waals surface area (Å²) in [5.74, 6) is 0. The van der Waals surface area contributed by atoms with Crippen molar-refractivity contribution in [1.29, 1.82) is 0 Å². The van der Waals surface area contributed by atoms with Crippen molar-refractivity contribution < 1.29 is 13.2 Å². The minimum atomic E-state index is -4.07. The SMILES string of the molecule is Cc1csc(CC(F)(F)F)c1. The molecule has 1 rings (SSSR count). The molecule has 0 bridgehead atoms. The summed E-state index contributed by atoms with van der Waals surface area (Å²) in [6.07, 6.45) is -4.87. The maximum absolute atomic E-state index is 11.8. The molecular weight excluding hydrogens is 173 g/mol. The zero-order valence-electron chi connectivity index (χ0n) is 5.90. The summed E-state index contributed by atoms with van der Waals surface area (Å²) >= 11 is 1.16. The second-order valence-corrected chi connectivity index (χ2v) is 3.38. The first-order valence-electron chi connectivity index (χ1n) is 3.08. The molecule has 0 saturated carbocycles. The average Bonchev–Trinajstić information content (AvgIpc) is 2.10. The van der Waals surface area contributed by atoms with Crippen molar-refractivity contribution in [2.24, 2.45) is 0 Å². The fraction of sp³-hybridized carbons (Fsp3) is 0.429. The predicted molar refractivity (Wildman–Crippen MR) is 38.8 cm³/mol. The van der Waals surface area contributed by atoms with Crippen LogP contribution >= 0.6 is 11.3 Å². The quantitative estimate of drug-likeness (QED) is 0.622. The van der Waals surface area contributed by atoms with E-state index in [1.807, 2.05) is 0 Å². The smallest absolute Gasteiger partial charge is 0.171 e. The van der Waals surface area contributed by atoms with Gasteiger partial charge in [-0.2, -0.15) is 13.2 Å². The second kappa shape index (κ2) is 2.85. The highest BCUT2D eigenvalue weighted by molar-refractivity contribution is 7.10. The van der Waals surface area contributed by atoms with Gasteiger partial charge in [-0.05, 0) is 23.9 Å². The summed E-state index contributed by atoms with van der Waals surface area (Å²) in [6.45, 7) is 1.79. The molecule has 1 heterocycles. The highest BCUT2D eigenvalue weighted by Gasteiger charge is 2.28. The van der Waals surface area contributed by atoms with E-state index in [0.29, 0.717) is 4.88 Å². The number of hydrogen-bond donors (Lipinski definition) is 0. The minimum absolute atomic E-state index is 0.384. The maximum Gasteiger partial charge on any atom is 0.393 e. The lowest BCUT2D eigenvalue weighted by molar-refractivity contribution is -0.126. The second-order valence-electron chi connectivity index (χ2n) is 2.38. The summed E-state index contributed by atoms with van der Waals surface area (Å²) < 4.78 is 35.3. The van der Waals surface area contributed by atoms with E-state index in [0.717, 1.165) is 16.9 Å². The van der Waals surface area contributed by atoms with Crippen LogP contribution in [0.1, 0.15) is 10.4 Å². The molecule has 0 atom stereocenters. The number of alkyl halides is 3. The van der Waals surface area contributed by atoms with Crippen LogP contribution in [0.3, 0.4) is 0 Å². The summed E-state index contributed by atoms with van der Waals surface area (Å²) in [6, 6.07) is 1.57. The van der Waals surface area contributed by atoms with Crippen LogP contribution < -0.4 is 0 Å². The van der Waals surface area contributed by atoms with Gasteiger partial charge in [0, 0.05) is 4.88 Å². The van der Waals surface area contributed by atoms with Crippen molar-refractivity contribution in [3.63, 3.8) is 0 Å². The zero-order chi connectivity index (χ0) is 8.48. The van der Waals surface area contributed by atoms with Crippen molar-refractivity contribution >= 4 is 11.3 Å². The van der Waals surface area contributed by atoms with Gasteiger partial charge in [0.05, 0.1) is 6.42 Å². The molecule has 0 aliphatic rings.